The maximum absolute atomic E-state index is 12.0. The third kappa shape index (κ3) is 2.89. The fraction of sp³-hybridized carbons (Fsp3) is 0.350. The second-order valence-electron chi connectivity index (χ2n) is 7.02. The van der Waals surface area contributed by atoms with Crippen molar-refractivity contribution in [2.45, 2.75) is 37.8 Å². The molecule has 1 aliphatic carbocycles. The van der Waals surface area contributed by atoms with Gasteiger partial charge in [0.15, 0.2) is 0 Å². The van der Waals surface area contributed by atoms with E-state index in [9.17, 15) is 4.79 Å². The van der Waals surface area contributed by atoms with Gasteiger partial charge in [0.1, 0.15) is 5.66 Å². The number of carbonyl (C=O) groups is 1. The Morgan fingerprint density at radius 1 is 1.15 bits per heavy atom. The second kappa shape index (κ2) is 6.57. The van der Waals surface area contributed by atoms with Crippen LogP contribution in [0.15, 0.2) is 46.4 Å². The lowest BCUT2D eigenvalue weighted by atomic mass is 9.87. The quantitative estimate of drug-likeness (QED) is 0.796. The minimum Gasteiger partial charge on any atom is -0.465 e. The van der Waals surface area contributed by atoms with Crippen LogP contribution >= 0.6 is 0 Å². The zero-order valence-electron chi connectivity index (χ0n) is 15.3. The van der Waals surface area contributed by atoms with E-state index < -0.39 is 5.66 Å². The van der Waals surface area contributed by atoms with Gasteiger partial charge in [-0.15, -0.1) is 0 Å². The van der Waals surface area contributed by atoms with E-state index in [1.54, 1.807) is 6.07 Å². The van der Waals surface area contributed by atoms with Crippen LogP contribution in [0.2, 0.25) is 0 Å². The third-order valence-corrected chi connectivity index (χ3v) is 5.38. The van der Waals surface area contributed by atoms with E-state index in [1.165, 1.54) is 13.5 Å². The number of nitrogens with zero attached hydrogens (tertiary/aromatic N) is 3. The van der Waals surface area contributed by atoms with Crippen molar-refractivity contribution in [2.75, 3.05) is 12.0 Å². The average molecular weight is 365 g/mol. The number of benzene rings is 2. The monoisotopic (exact) mass is 365 g/mol. The summed E-state index contributed by atoms with van der Waals surface area (Å²) in [5, 5.41) is 1.76. The van der Waals surface area contributed by atoms with Crippen molar-refractivity contribution in [3.8, 4) is 0 Å². The highest BCUT2D eigenvalue weighted by Crippen LogP contribution is 2.40. The summed E-state index contributed by atoms with van der Waals surface area (Å²) >= 11 is 0. The lowest BCUT2D eigenvalue weighted by molar-refractivity contribution is 0.0603. The van der Waals surface area contributed by atoms with Gasteiger partial charge in [0.05, 0.1) is 12.7 Å². The number of hydrogen-bond acceptors (Lipinski definition) is 7. The number of rotatable bonds is 2. The number of hydrogen-bond donors (Lipinski definition) is 2. The Kier molecular flexibility index (Phi) is 4.22. The molecule has 2 aromatic rings. The van der Waals surface area contributed by atoms with Gasteiger partial charge in [0.2, 0.25) is 11.9 Å². The Morgan fingerprint density at radius 2 is 1.93 bits per heavy atom. The third-order valence-electron chi connectivity index (χ3n) is 5.38. The van der Waals surface area contributed by atoms with Crippen molar-refractivity contribution in [1.82, 2.24) is 0 Å². The van der Waals surface area contributed by atoms with E-state index in [0.717, 1.165) is 42.1 Å². The molecule has 4 rings (SSSR count). The average Bonchev–Trinajstić information content (AvgIpc) is 2.66. The van der Waals surface area contributed by atoms with E-state index in [4.69, 9.17) is 21.2 Å². The van der Waals surface area contributed by atoms with Crippen molar-refractivity contribution >= 4 is 34.3 Å². The zero-order valence-corrected chi connectivity index (χ0v) is 15.3. The molecule has 0 aromatic heterocycles. The van der Waals surface area contributed by atoms with Crippen molar-refractivity contribution < 1.29 is 9.53 Å². The van der Waals surface area contributed by atoms with Gasteiger partial charge in [-0.2, -0.15) is 4.99 Å². The molecule has 1 fully saturated rings. The van der Waals surface area contributed by atoms with Crippen LogP contribution < -0.4 is 16.4 Å². The molecule has 0 bridgehead atoms. The number of methoxy groups -OCH3 is 1. The number of nitrogens with two attached hydrogens (primary N) is 2. The predicted octanol–water partition coefficient (Wildman–Crippen LogP) is 2.74. The van der Waals surface area contributed by atoms with Crippen LogP contribution in [0.5, 0.6) is 0 Å². The first-order valence-corrected chi connectivity index (χ1v) is 9.15. The van der Waals surface area contributed by atoms with Crippen molar-refractivity contribution in [2.24, 2.45) is 21.5 Å². The second-order valence-corrected chi connectivity index (χ2v) is 7.02. The van der Waals surface area contributed by atoms with Gasteiger partial charge in [-0.3, -0.25) is 4.90 Å². The van der Waals surface area contributed by atoms with E-state index in [2.05, 4.69) is 4.99 Å². The van der Waals surface area contributed by atoms with Crippen LogP contribution in [-0.4, -0.2) is 30.7 Å². The lowest BCUT2D eigenvalue weighted by Gasteiger charge is -2.45. The molecule has 1 aliphatic heterocycles. The Labute approximate surface area is 157 Å². The molecule has 2 aromatic carbocycles. The van der Waals surface area contributed by atoms with E-state index >= 15 is 0 Å². The molecule has 4 N–H and O–H groups in total. The van der Waals surface area contributed by atoms with Crippen LogP contribution in [0.25, 0.3) is 10.8 Å². The van der Waals surface area contributed by atoms with E-state index in [-0.39, 0.29) is 11.9 Å². The van der Waals surface area contributed by atoms with Crippen LogP contribution in [-0.2, 0) is 4.74 Å². The first-order valence-electron chi connectivity index (χ1n) is 9.15. The summed E-state index contributed by atoms with van der Waals surface area (Å²) in [7, 11) is 1.38. The Morgan fingerprint density at radius 3 is 2.67 bits per heavy atom. The number of esters is 1. The van der Waals surface area contributed by atoms with Gasteiger partial charge in [0, 0.05) is 5.69 Å². The van der Waals surface area contributed by atoms with Gasteiger partial charge in [-0.05, 0) is 54.7 Å². The molecule has 7 nitrogen and oxygen atoms in total. The minimum atomic E-state index is -0.484. The highest BCUT2D eigenvalue weighted by atomic mass is 16.5. The summed E-state index contributed by atoms with van der Waals surface area (Å²) < 4.78 is 4.89. The fourth-order valence-corrected chi connectivity index (χ4v) is 4.19. The molecule has 1 spiro atoms. The van der Waals surface area contributed by atoms with Crippen LogP contribution in [0.1, 0.15) is 42.5 Å². The number of guanidine groups is 2. The smallest absolute Gasteiger partial charge is 0.338 e. The highest BCUT2D eigenvalue weighted by molar-refractivity contribution is 6.08. The van der Waals surface area contributed by atoms with Gasteiger partial charge in [-0.25, -0.2) is 9.79 Å². The topological polar surface area (TPSA) is 106 Å². The summed E-state index contributed by atoms with van der Waals surface area (Å²) in [6, 6.07) is 11.5. The fourth-order valence-electron chi connectivity index (χ4n) is 4.19. The number of fused-ring (bicyclic) bond motifs is 1. The van der Waals surface area contributed by atoms with Crippen LogP contribution in [0.4, 0.5) is 5.69 Å². The zero-order chi connectivity index (χ0) is 19.0. The largest absolute Gasteiger partial charge is 0.465 e. The molecule has 1 saturated carbocycles. The van der Waals surface area contributed by atoms with Crippen LogP contribution in [0, 0.1) is 0 Å². The number of carbonyl (C=O) groups excluding carboxylic acids is 1. The van der Waals surface area contributed by atoms with E-state index in [0.29, 0.717) is 11.5 Å². The van der Waals surface area contributed by atoms with Gasteiger partial charge in [-0.1, -0.05) is 24.6 Å². The number of anilines is 1. The summed E-state index contributed by atoms with van der Waals surface area (Å²) in [6.07, 6.45) is 5.08. The normalized spacial score (nSPS) is 18.9. The molecule has 2 aliphatic rings. The summed E-state index contributed by atoms with van der Waals surface area (Å²) in [5.41, 5.74) is 13.2. The number of aliphatic imine (C=N–C) groups is 2. The minimum absolute atomic E-state index is 0.236. The maximum atomic E-state index is 12.0. The molecular weight excluding hydrogens is 342 g/mol. The van der Waals surface area contributed by atoms with Crippen molar-refractivity contribution in [3.05, 3.63) is 42.0 Å². The Bertz CT molecular complexity index is 960. The molecule has 0 radical (unpaired) electrons. The van der Waals surface area contributed by atoms with Gasteiger partial charge in [0.25, 0.3) is 0 Å². The molecule has 0 unspecified atom stereocenters. The predicted molar refractivity (Wildman–Crippen MR) is 107 cm³/mol. The first-order chi connectivity index (χ1) is 13.0. The molecular formula is C20H23N5O2. The molecule has 1 heterocycles. The maximum Gasteiger partial charge on any atom is 0.338 e. The SMILES string of the molecule is COC(=O)c1cccc2cc(N3C(N)=NC(N)=NC34CCCCC4)ccc12. The van der Waals surface area contributed by atoms with Gasteiger partial charge < -0.3 is 16.2 Å². The Balaban J connectivity index is 1.83. The summed E-state index contributed by atoms with van der Waals surface area (Å²) in [6.45, 7) is 0. The Hall–Kier alpha value is -3.09. The van der Waals surface area contributed by atoms with Crippen LogP contribution in [0.3, 0.4) is 0 Å². The van der Waals surface area contributed by atoms with Gasteiger partial charge >= 0.3 is 5.97 Å². The summed E-state index contributed by atoms with van der Waals surface area (Å²) in [4.78, 5) is 22.9. The molecule has 0 saturated heterocycles. The van der Waals surface area contributed by atoms with Crippen molar-refractivity contribution in [3.63, 3.8) is 0 Å². The number of ether oxygens (including phenoxy) is 1. The standard InChI is InChI=1S/C20H23N5O2/c1-27-17(26)16-7-5-6-13-12-14(8-9-15(13)16)25-19(22)23-18(21)24-20(25)10-3-2-4-11-20/h5-9,12H,2-4,10-11H2,1H3,(H4,21,22,23,24). The van der Waals surface area contributed by atoms with E-state index in [1.807, 2.05) is 35.2 Å². The molecule has 27 heavy (non-hydrogen) atoms. The molecule has 0 atom stereocenters. The lowest BCUT2D eigenvalue weighted by Crippen LogP contribution is -2.58. The highest BCUT2D eigenvalue weighted by Gasteiger charge is 2.42. The first kappa shape index (κ1) is 17.3. The summed E-state index contributed by atoms with van der Waals surface area (Å²) in [5.74, 6) is 0.237. The van der Waals surface area contributed by atoms with Crippen molar-refractivity contribution in [1.29, 1.82) is 0 Å². The molecule has 0 amide bonds. The molecule has 140 valence electrons. The molecule has 7 heteroatoms.